The number of aromatic nitrogens is 4. The highest BCUT2D eigenvalue weighted by molar-refractivity contribution is 5.92. The number of carbonyl (C=O) groups excluding carboxylic acids is 1. The van der Waals surface area contributed by atoms with Crippen LogP contribution < -0.4 is 4.90 Å². The minimum Gasteiger partial charge on any atom is -0.478 e. The summed E-state index contributed by atoms with van der Waals surface area (Å²) in [6, 6.07) is 7.40. The van der Waals surface area contributed by atoms with E-state index < -0.39 is 5.97 Å². The molecule has 0 atom stereocenters. The smallest absolute Gasteiger partial charge is 0.335 e. The molecule has 41 heavy (non-hydrogen) atoms. The van der Waals surface area contributed by atoms with Gasteiger partial charge in [0.15, 0.2) is 6.29 Å². The summed E-state index contributed by atoms with van der Waals surface area (Å²) in [6.45, 7) is 7.04. The van der Waals surface area contributed by atoms with Crippen LogP contribution in [0.2, 0.25) is 0 Å². The van der Waals surface area contributed by atoms with Gasteiger partial charge in [-0.25, -0.2) is 19.7 Å². The molecule has 11 heteroatoms. The van der Waals surface area contributed by atoms with E-state index in [2.05, 4.69) is 36.7 Å². The fourth-order valence-electron chi connectivity index (χ4n) is 5.14. The molecule has 11 nitrogen and oxygen atoms in total. The van der Waals surface area contributed by atoms with Crippen LogP contribution in [0.15, 0.2) is 30.6 Å². The maximum atomic E-state index is 11.1. The molecule has 1 saturated carbocycles. The first kappa shape index (κ1) is 30.5. The highest BCUT2D eigenvalue weighted by Gasteiger charge is 2.20. The summed E-state index contributed by atoms with van der Waals surface area (Å²) < 4.78 is 6.72. The molecular weight excluding hydrogens is 522 g/mol. The molecule has 2 aromatic heterocycles. The number of anilines is 1. The number of carboxylic acids is 1. The van der Waals surface area contributed by atoms with Gasteiger partial charge in [0.1, 0.15) is 23.7 Å². The van der Waals surface area contributed by atoms with Gasteiger partial charge in [0.2, 0.25) is 0 Å². The average Bonchev–Trinajstić information content (AvgIpc) is 3.28. The van der Waals surface area contributed by atoms with Crippen molar-refractivity contribution in [3.05, 3.63) is 47.7 Å². The summed E-state index contributed by atoms with van der Waals surface area (Å²) in [4.78, 5) is 41.3. The van der Waals surface area contributed by atoms with Crippen molar-refractivity contribution in [3.63, 3.8) is 0 Å². The number of piperazine rings is 1. The van der Waals surface area contributed by atoms with Gasteiger partial charge in [0.25, 0.3) is 0 Å². The van der Waals surface area contributed by atoms with Gasteiger partial charge in [-0.15, -0.1) is 0 Å². The number of carbonyl (C=O) groups is 2. The van der Waals surface area contributed by atoms with E-state index in [9.17, 15) is 9.59 Å². The SMILES string of the molecule is C1COC1.CN(c1cc(C=O)ncn1)C1CCCCC1.CN1CCN(Cc2nc3ccc(C(=O)O)cc3n2C)CC1. The Bertz CT molecular complexity index is 1280. The van der Waals surface area contributed by atoms with Gasteiger partial charge in [0, 0.05) is 65.6 Å². The van der Waals surface area contributed by atoms with Crippen molar-refractivity contribution in [3.8, 4) is 0 Å². The van der Waals surface area contributed by atoms with E-state index in [0.29, 0.717) is 17.3 Å². The van der Waals surface area contributed by atoms with E-state index in [1.807, 2.05) is 18.7 Å². The standard InChI is InChI=1S/C15H20N4O2.C12H17N3O.C3H6O/c1-17-5-7-19(8-6-17)10-14-16-12-4-3-11(15(20)21)9-13(12)18(14)2;1-15(11-5-3-2-4-6-11)12-7-10(8-16)13-9-14-12;1-2-4-3-1/h3-4,9H,5-8,10H2,1-2H3,(H,20,21);7-9,11H,2-6H2,1H3;1-3H2. The van der Waals surface area contributed by atoms with Crippen LogP contribution >= 0.6 is 0 Å². The molecule has 0 radical (unpaired) electrons. The van der Waals surface area contributed by atoms with Crippen molar-refractivity contribution in [2.24, 2.45) is 7.05 Å². The second kappa shape index (κ2) is 15.0. The number of hydrogen-bond donors (Lipinski definition) is 1. The Hall–Kier alpha value is -3.41. The second-order valence-electron chi connectivity index (χ2n) is 11.0. The number of carboxylic acid groups (broad SMARTS) is 1. The summed E-state index contributed by atoms with van der Waals surface area (Å²) in [5.41, 5.74) is 2.48. The van der Waals surface area contributed by atoms with Crippen LogP contribution in [0.5, 0.6) is 0 Å². The fraction of sp³-hybridized carbons (Fsp3) is 0.567. The van der Waals surface area contributed by atoms with Gasteiger partial charge in [-0.2, -0.15) is 0 Å². The lowest BCUT2D eigenvalue weighted by Crippen LogP contribution is -2.44. The molecule has 3 aliphatic rings. The minimum absolute atomic E-state index is 0.302. The number of benzene rings is 1. The van der Waals surface area contributed by atoms with Crippen LogP contribution in [0.25, 0.3) is 11.0 Å². The van der Waals surface area contributed by atoms with Crippen LogP contribution in [0, 0.1) is 0 Å². The molecule has 222 valence electrons. The normalized spacial score (nSPS) is 17.9. The summed E-state index contributed by atoms with van der Waals surface area (Å²) in [7, 11) is 6.14. The molecule has 1 aliphatic carbocycles. The van der Waals surface area contributed by atoms with Gasteiger partial charge >= 0.3 is 5.97 Å². The van der Waals surface area contributed by atoms with E-state index in [1.54, 1.807) is 24.3 Å². The van der Waals surface area contributed by atoms with Gasteiger partial charge in [-0.3, -0.25) is 9.69 Å². The summed E-state index contributed by atoms with van der Waals surface area (Å²) in [5, 5.41) is 9.09. The number of likely N-dealkylation sites (N-methyl/N-ethyl adjacent to an activating group) is 1. The Balaban J connectivity index is 0.000000171. The fourth-order valence-corrected chi connectivity index (χ4v) is 5.14. The van der Waals surface area contributed by atoms with Crippen molar-refractivity contribution in [1.29, 1.82) is 0 Å². The number of aldehydes is 1. The number of nitrogens with zero attached hydrogens (tertiary/aromatic N) is 7. The second-order valence-corrected chi connectivity index (χ2v) is 11.0. The summed E-state index contributed by atoms with van der Waals surface area (Å²) in [6.07, 6.45) is 9.86. The van der Waals surface area contributed by atoms with Gasteiger partial charge in [-0.1, -0.05) is 19.3 Å². The number of aromatic carboxylic acids is 1. The van der Waals surface area contributed by atoms with Gasteiger partial charge < -0.3 is 24.2 Å². The first-order valence-electron chi connectivity index (χ1n) is 14.5. The highest BCUT2D eigenvalue weighted by atomic mass is 16.5. The summed E-state index contributed by atoms with van der Waals surface area (Å²) in [5.74, 6) is 0.930. The Morgan fingerprint density at radius 3 is 2.34 bits per heavy atom. The van der Waals surface area contributed by atoms with E-state index in [4.69, 9.17) is 9.84 Å². The molecule has 1 N–H and O–H groups in total. The molecule has 1 aromatic carbocycles. The molecule has 3 aromatic rings. The number of hydrogen-bond acceptors (Lipinski definition) is 9. The van der Waals surface area contributed by atoms with Gasteiger partial charge in [0.05, 0.1) is 23.1 Å². The molecule has 0 spiro atoms. The van der Waals surface area contributed by atoms with Crippen molar-refractivity contribution in [2.75, 3.05) is 58.4 Å². The first-order valence-corrected chi connectivity index (χ1v) is 14.5. The topological polar surface area (TPSA) is 117 Å². The minimum atomic E-state index is -0.904. The first-order chi connectivity index (χ1) is 19.9. The largest absolute Gasteiger partial charge is 0.478 e. The number of aryl methyl sites for hydroxylation is 1. The Labute approximate surface area is 242 Å². The zero-order valence-corrected chi connectivity index (χ0v) is 24.5. The van der Waals surface area contributed by atoms with Crippen molar-refractivity contribution >= 4 is 29.1 Å². The lowest BCUT2D eigenvalue weighted by atomic mass is 9.94. The predicted molar refractivity (Wildman–Crippen MR) is 159 cm³/mol. The van der Waals surface area contributed by atoms with E-state index in [1.165, 1.54) is 44.9 Å². The van der Waals surface area contributed by atoms with Crippen molar-refractivity contribution in [2.45, 2.75) is 51.1 Å². The Morgan fingerprint density at radius 2 is 1.73 bits per heavy atom. The number of imidazole rings is 1. The monoisotopic (exact) mass is 565 g/mol. The molecule has 6 rings (SSSR count). The van der Waals surface area contributed by atoms with Gasteiger partial charge in [-0.05, 0) is 44.5 Å². The summed E-state index contributed by atoms with van der Waals surface area (Å²) >= 11 is 0. The predicted octanol–water partition coefficient (Wildman–Crippen LogP) is 3.48. The van der Waals surface area contributed by atoms with E-state index in [-0.39, 0.29) is 0 Å². The molecule has 0 amide bonds. The van der Waals surface area contributed by atoms with Crippen molar-refractivity contribution < 1.29 is 19.4 Å². The number of ether oxygens (including phenoxy) is 1. The highest BCUT2D eigenvalue weighted by Crippen LogP contribution is 2.24. The maximum Gasteiger partial charge on any atom is 0.335 e. The molecule has 2 saturated heterocycles. The molecule has 4 heterocycles. The van der Waals surface area contributed by atoms with Crippen LogP contribution in [0.1, 0.15) is 65.2 Å². The molecule has 0 bridgehead atoms. The van der Waals surface area contributed by atoms with Crippen LogP contribution in [0.4, 0.5) is 5.82 Å². The lowest BCUT2D eigenvalue weighted by Gasteiger charge is -2.31. The van der Waals surface area contributed by atoms with E-state index in [0.717, 1.165) is 74.9 Å². The molecule has 2 aliphatic heterocycles. The molecule has 0 unspecified atom stereocenters. The lowest BCUT2D eigenvalue weighted by molar-refractivity contribution is 0.0367. The number of fused-ring (bicyclic) bond motifs is 1. The Morgan fingerprint density at radius 1 is 1.05 bits per heavy atom. The molecular formula is C30H43N7O4. The third-order valence-corrected chi connectivity index (χ3v) is 8.04. The molecule has 3 fully saturated rings. The van der Waals surface area contributed by atoms with E-state index >= 15 is 0 Å². The third-order valence-electron chi connectivity index (χ3n) is 8.04. The van der Waals surface area contributed by atoms with Crippen molar-refractivity contribution in [1.82, 2.24) is 29.3 Å². The van der Waals surface area contributed by atoms with Crippen LogP contribution in [-0.4, -0.2) is 106 Å². The zero-order valence-electron chi connectivity index (χ0n) is 24.5. The number of rotatable bonds is 6. The average molecular weight is 566 g/mol. The van der Waals surface area contributed by atoms with Crippen LogP contribution in [0.3, 0.4) is 0 Å². The Kier molecular flexibility index (Phi) is 11.2. The quantitative estimate of drug-likeness (QED) is 0.445. The third kappa shape index (κ3) is 8.54. The maximum absolute atomic E-state index is 11.1. The van der Waals surface area contributed by atoms with Crippen LogP contribution in [-0.2, 0) is 18.3 Å². The zero-order chi connectivity index (χ0) is 29.2.